The first-order valence-electron chi connectivity index (χ1n) is 6.47. The minimum atomic E-state index is -3.83. The Hall–Kier alpha value is -0.980. The molecule has 4 nitrogen and oxygen atoms in total. The van der Waals surface area contributed by atoms with Crippen LogP contribution in [0.1, 0.15) is 32.8 Å². The number of sulfonamides is 1. The molecule has 1 atom stereocenters. The van der Waals surface area contributed by atoms with Gasteiger partial charge in [0.15, 0.2) is 0 Å². The Morgan fingerprint density at radius 1 is 1.30 bits per heavy atom. The van der Waals surface area contributed by atoms with E-state index in [1.165, 1.54) is 11.8 Å². The fourth-order valence-electron chi connectivity index (χ4n) is 2.33. The summed E-state index contributed by atoms with van der Waals surface area (Å²) in [4.78, 5) is 1.86. The second-order valence-corrected chi connectivity index (χ2v) is 8.47. The van der Waals surface area contributed by atoms with Crippen LogP contribution in [0, 0.1) is 0 Å². The smallest absolute Gasteiger partial charge is 0.248 e. The molecule has 2 rings (SSSR count). The van der Waals surface area contributed by atoms with Crippen LogP contribution in [0.5, 0.6) is 0 Å². The van der Waals surface area contributed by atoms with Gasteiger partial charge in [0.1, 0.15) is 0 Å². The molecule has 6 heteroatoms. The van der Waals surface area contributed by atoms with E-state index in [-0.39, 0.29) is 5.54 Å². The minimum absolute atomic E-state index is 0.317. The molecule has 1 heterocycles. The highest BCUT2D eigenvalue weighted by molar-refractivity contribution is 8.15. The lowest BCUT2D eigenvalue weighted by Crippen LogP contribution is -2.55. The summed E-state index contributed by atoms with van der Waals surface area (Å²) in [5, 5.41) is 7.42. The summed E-state index contributed by atoms with van der Waals surface area (Å²) in [5.74, 6) is 0. The summed E-state index contributed by atoms with van der Waals surface area (Å²) in [6.07, 6.45) is 2.63. The summed E-state index contributed by atoms with van der Waals surface area (Å²) in [5.41, 5.74) is 0.362. The zero-order valence-electron chi connectivity index (χ0n) is 11.9. The third kappa shape index (κ3) is 2.25. The number of hydrogen-bond acceptors (Lipinski definition) is 4. The van der Waals surface area contributed by atoms with Gasteiger partial charge in [-0.3, -0.25) is 0 Å². The van der Waals surface area contributed by atoms with Crippen molar-refractivity contribution in [2.75, 3.05) is 0 Å². The monoisotopic (exact) mass is 312 g/mol. The lowest BCUT2D eigenvalue weighted by Gasteiger charge is -2.46. The van der Waals surface area contributed by atoms with Crippen molar-refractivity contribution >= 4 is 21.8 Å². The predicted octanol–water partition coefficient (Wildman–Crippen LogP) is 2.79. The van der Waals surface area contributed by atoms with Gasteiger partial charge in [0.2, 0.25) is 14.2 Å². The van der Waals surface area contributed by atoms with E-state index in [9.17, 15) is 8.42 Å². The maximum Gasteiger partial charge on any atom is 0.248 e. The van der Waals surface area contributed by atoms with Crippen LogP contribution in [-0.2, 0) is 14.2 Å². The number of nitrogens with two attached hydrogens (primary N) is 1. The van der Waals surface area contributed by atoms with Crippen molar-refractivity contribution in [3.63, 3.8) is 0 Å². The van der Waals surface area contributed by atoms with Crippen molar-refractivity contribution in [1.82, 2.24) is 4.90 Å². The molecule has 1 aliphatic rings. The maximum atomic E-state index is 12.4. The topological polar surface area (TPSA) is 63.4 Å². The summed E-state index contributed by atoms with van der Waals surface area (Å²) in [6, 6.07) is 9.14. The molecule has 2 N–H and O–H groups in total. The second-order valence-electron chi connectivity index (χ2n) is 5.43. The fraction of sp³-hybridized carbons (Fsp3) is 0.429. The molecule has 1 aromatic rings. The van der Waals surface area contributed by atoms with Crippen LogP contribution in [0.25, 0.3) is 0 Å². The molecule has 0 bridgehead atoms. The van der Waals surface area contributed by atoms with Gasteiger partial charge >= 0.3 is 0 Å². The molecule has 0 saturated carbocycles. The normalized spacial score (nSPS) is 23.3. The first-order valence-corrected chi connectivity index (χ1v) is 8.90. The van der Waals surface area contributed by atoms with Gasteiger partial charge in [0, 0.05) is 17.3 Å². The van der Waals surface area contributed by atoms with E-state index in [4.69, 9.17) is 5.14 Å². The molecule has 1 aromatic carbocycles. The van der Waals surface area contributed by atoms with Gasteiger partial charge in [0.05, 0.1) is 0 Å². The first kappa shape index (κ1) is 15.4. The summed E-state index contributed by atoms with van der Waals surface area (Å²) in [7, 11) is -3.83. The summed E-state index contributed by atoms with van der Waals surface area (Å²) < 4.78 is 23.5. The number of nitrogens with zero attached hydrogens (tertiary/aromatic N) is 1. The van der Waals surface area contributed by atoms with Crippen LogP contribution in [0.2, 0.25) is 0 Å². The van der Waals surface area contributed by atoms with Crippen LogP contribution in [0.3, 0.4) is 0 Å². The highest BCUT2D eigenvalue weighted by atomic mass is 32.3. The molecule has 0 fully saturated rings. The van der Waals surface area contributed by atoms with E-state index in [1.54, 1.807) is 5.41 Å². The van der Waals surface area contributed by atoms with Crippen LogP contribution in [0.4, 0.5) is 0 Å². The molecule has 0 aromatic heterocycles. The Balaban J connectivity index is 2.67. The zero-order chi connectivity index (χ0) is 15.0. The average molecular weight is 312 g/mol. The molecule has 1 unspecified atom stereocenters. The lowest BCUT2D eigenvalue weighted by atomic mass is 9.98. The molecule has 110 valence electrons. The van der Waals surface area contributed by atoms with E-state index in [2.05, 4.69) is 0 Å². The van der Waals surface area contributed by atoms with Crippen LogP contribution in [0.15, 0.2) is 41.9 Å². The lowest BCUT2D eigenvalue weighted by molar-refractivity contribution is 0.148. The van der Waals surface area contributed by atoms with Crippen molar-refractivity contribution in [3.8, 4) is 0 Å². The van der Waals surface area contributed by atoms with Crippen molar-refractivity contribution in [1.29, 1.82) is 0 Å². The average Bonchev–Trinajstić information content (AvgIpc) is 2.86. The SMILES string of the molecule is CCC(C)(C)N1C=CSC1(c1ccccc1)S(N)(=O)=O. The van der Waals surface area contributed by atoms with Crippen LogP contribution < -0.4 is 5.14 Å². The number of rotatable bonds is 4. The van der Waals surface area contributed by atoms with Gasteiger partial charge in [0.25, 0.3) is 0 Å². The highest BCUT2D eigenvalue weighted by Gasteiger charge is 2.54. The predicted molar refractivity (Wildman–Crippen MR) is 84.2 cm³/mol. The molecule has 1 aliphatic heterocycles. The standard InChI is InChI=1S/C14H20N2O2S2/c1-4-13(2,3)16-10-11-19-14(16,20(15,17)18)12-8-6-5-7-9-12/h5-11H,4H2,1-3H3,(H2,15,17,18). The Morgan fingerprint density at radius 3 is 2.40 bits per heavy atom. The van der Waals surface area contributed by atoms with E-state index in [0.29, 0.717) is 5.56 Å². The Morgan fingerprint density at radius 2 is 1.90 bits per heavy atom. The first-order chi connectivity index (χ1) is 9.25. The van der Waals surface area contributed by atoms with Crippen molar-refractivity contribution < 1.29 is 8.42 Å². The van der Waals surface area contributed by atoms with E-state index < -0.39 is 14.2 Å². The molecule has 0 aliphatic carbocycles. The van der Waals surface area contributed by atoms with Gasteiger partial charge in [-0.25, -0.2) is 13.6 Å². The highest BCUT2D eigenvalue weighted by Crippen LogP contribution is 2.52. The second kappa shape index (κ2) is 5.09. The van der Waals surface area contributed by atoms with Gasteiger partial charge in [-0.1, -0.05) is 49.0 Å². The van der Waals surface area contributed by atoms with Crippen LogP contribution >= 0.6 is 11.8 Å². The third-order valence-electron chi connectivity index (χ3n) is 3.80. The van der Waals surface area contributed by atoms with Gasteiger partial charge in [-0.2, -0.15) is 0 Å². The Kier molecular flexibility index (Phi) is 3.92. The molecule has 0 saturated heterocycles. The molecule has 0 amide bonds. The van der Waals surface area contributed by atoms with E-state index in [0.717, 1.165) is 6.42 Å². The third-order valence-corrected chi connectivity index (χ3v) is 7.00. The minimum Gasteiger partial charge on any atom is -0.340 e. The van der Waals surface area contributed by atoms with Gasteiger partial charge < -0.3 is 4.90 Å². The van der Waals surface area contributed by atoms with E-state index >= 15 is 0 Å². The number of thioether (sulfide) groups is 1. The number of hydrogen-bond donors (Lipinski definition) is 1. The van der Waals surface area contributed by atoms with E-state index in [1.807, 2.05) is 62.2 Å². The van der Waals surface area contributed by atoms with Gasteiger partial charge in [-0.05, 0) is 25.7 Å². The quantitative estimate of drug-likeness (QED) is 0.928. The molecule has 0 radical (unpaired) electrons. The molecular weight excluding hydrogens is 292 g/mol. The molecule has 20 heavy (non-hydrogen) atoms. The van der Waals surface area contributed by atoms with Crippen molar-refractivity contribution in [2.24, 2.45) is 5.14 Å². The Bertz CT molecular complexity index is 611. The van der Waals surface area contributed by atoms with Crippen molar-refractivity contribution in [2.45, 2.75) is 36.9 Å². The molecular formula is C14H20N2O2S2. The fourth-order valence-corrected chi connectivity index (χ4v) is 5.14. The summed E-state index contributed by atoms with van der Waals surface area (Å²) in [6.45, 7) is 6.08. The molecule has 0 spiro atoms. The maximum absolute atomic E-state index is 12.4. The zero-order valence-corrected chi connectivity index (χ0v) is 13.5. The number of primary sulfonamides is 1. The van der Waals surface area contributed by atoms with Crippen molar-refractivity contribution in [3.05, 3.63) is 47.5 Å². The van der Waals surface area contributed by atoms with Crippen LogP contribution in [-0.4, -0.2) is 18.9 Å². The Labute approximate surface area is 125 Å². The largest absolute Gasteiger partial charge is 0.340 e. The van der Waals surface area contributed by atoms with Gasteiger partial charge in [-0.15, -0.1) is 0 Å². The summed E-state index contributed by atoms with van der Waals surface area (Å²) >= 11 is 1.23. The number of benzene rings is 1.